The minimum Gasteiger partial charge on any atom is -0.380 e. The number of pyridine rings is 2. The Kier molecular flexibility index (Phi) is 5.94. The number of rotatable bonds is 8. The van der Waals surface area contributed by atoms with E-state index in [-0.39, 0.29) is 0 Å². The highest BCUT2D eigenvalue weighted by Gasteiger charge is 2.07. The highest BCUT2D eigenvalue weighted by atomic mass is 16.1. The van der Waals surface area contributed by atoms with Gasteiger partial charge < -0.3 is 22.1 Å². The Hall–Kier alpha value is -4.46. The van der Waals surface area contributed by atoms with E-state index < -0.39 is 11.8 Å². The first-order valence-corrected chi connectivity index (χ1v) is 9.99. The molecule has 0 unspecified atom stereocenters. The number of carbonyl (C=O) groups is 2. The molecule has 0 saturated heterocycles. The predicted molar refractivity (Wildman–Crippen MR) is 124 cm³/mol. The lowest BCUT2D eigenvalue weighted by atomic mass is 10.1. The second kappa shape index (κ2) is 9.13. The Balaban J connectivity index is 1.51. The molecule has 0 fully saturated rings. The molecule has 4 rings (SSSR count). The summed E-state index contributed by atoms with van der Waals surface area (Å²) in [5.41, 5.74) is 15.2. The predicted octanol–water partition coefficient (Wildman–Crippen LogP) is 3.05. The number of nitrogens with two attached hydrogens (primary N) is 2. The normalized spacial score (nSPS) is 10.6. The molecule has 2 amide bonds. The van der Waals surface area contributed by atoms with Crippen LogP contribution in [-0.2, 0) is 13.1 Å². The van der Waals surface area contributed by atoms with Crippen molar-refractivity contribution in [1.82, 2.24) is 9.97 Å². The van der Waals surface area contributed by atoms with Crippen LogP contribution in [0.15, 0.2) is 73.1 Å². The Morgan fingerprint density at radius 2 is 1.34 bits per heavy atom. The molecule has 8 nitrogen and oxygen atoms in total. The SMILES string of the molecule is NC(=O)c1ccc(CNc2cc(NCc3ccc(C(N)=O)cc3)c3ccncc3n2)cc1. The number of aromatic nitrogens is 2. The molecule has 0 spiro atoms. The van der Waals surface area contributed by atoms with E-state index in [1.807, 2.05) is 36.4 Å². The Morgan fingerprint density at radius 3 is 1.91 bits per heavy atom. The summed E-state index contributed by atoms with van der Waals surface area (Å²) >= 11 is 0. The maximum absolute atomic E-state index is 11.3. The van der Waals surface area contributed by atoms with Crippen molar-refractivity contribution >= 4 is 34.2 Å². The van der Waals surface area contributed by atoms with Gasteiger partial charge in [-0.25, -0.2) is 4.98 Å². The Labute approximate surface area is 184 Å². The van der Waals surface area contributed by atoms with Gasteiger partial charge in [-0.15, -0.1) is 0 Å². The molecule has 4 aromatic rings. The number of primary amides is 2. The molecule has 6 N–H and O–H groups in total. The number of benzene rings is 2. The van der Waals surface area contributed by atoms with Gasteiger partial charge in [0.15, 0.2) is 0 Å². The summed E-state index contributed by atoms with van der Waals surface area (Å²) in [4.78, 5) is 31.3. The summed E-state index contributed by atoms with van der Waals surface area (Å²) in [6.45, 7) is 1.10. The third-order valence-corrected chi connectivity index (χ3v) is 5.05. The zero-order valence-electron chi connectivity index (χ0n) is 17.2. The molecule has 160 valence electrons. The summed E-state index contributed by atoms with van der Waals surface area (Å²) in [6.07, 6.45) is 3.44. The molecule has 0 aliphatic carbocycles. The monoisotopic (exact) mass is 426 g/mol. The van der Waals surface area contributed by atoms with Crippen LogP contribution in [0.5, 0.6) is 0 Å². The number of carbonyl (C=O) groups excluding carboxylic acids is 2. The average Bonchev–Trinajstić information content (AvgIpc) is 2.81. The smallest absolute Gasteiger partial charge is 0.248 e. The lowest BCUT2D eigenvalue weighted by Gasteiger charge is -2.13. The number of nitrogens with one attached hydrogen (secondary N) is 2. The van der Waals surface area contributed by atoms with Crippen LogP contribution in [0.2, 0.25) is 0 Å². The largest absolute Gasteiger partial charge is 0.380 e. The van der Waals surface area contributed by atoms with Gasteiger partial charge in [0, 0.05) is 47.6 Å². The van der Waals surface area contributed by atoms with Crippen LogP contribution in [0, 0.1) is 0 Å². The van der Waals surface area contributed by atoms with Gasteiger partial charge in [-0.1, -0.05) is 24.3 Å². The molecule has 0 radical (unpaired) electrons. The Bertz CT molecular complexity index is 1270. The first-order valence-electron chi connectivity index (χ1n) is 9.99. The summed E-state index contributed by atoms with van der Waals surface area (Å²) in [5, 5.41) is 7.70. The zero-order chi connectivity index (χ0) is 22.5. The molecule has 0 aliphatic rings. The third-order valence-electron chi connectivity index (χ3n) is 5.05. The second-order valence-corrected chi connectivity index (χ2v) is 7.28. The minimum absolute atomic E-state index is 0.447. The fraction of sp³-hybridized carbons (Fsp3) is 0.0833. The van der Waals surface area contributed by atoms with E-state index >= 15 is 0 Å². The lowest BCUT2D eigenvalue weighted by molar-refractivity contribution is 0.0992. The van der Waals surface area contributed by atoms with E-state index in [4.69, 9.17) is 11.5 Å². The number of hydrogen-bond acceptors (Lipinski definition) is 6. The summed E-state index contributed by atoms with van der Waals surface area (Å²) in [6, 6.07) is 18.1. The van der Waals surface area contributed by atoms with Gasteiger partial charge in [0.05, 0.1) is 11.7 Å². The van der Waals surface area contributed by atoms with Crippen LogP contribution in [0.3, 0.4) is 0 Å². The molecular formula is C24H22N6O2. The van der Waals surface area contributed by atoms with Crippen LogP contribution < -0.4 is 22.1 Å². The number of fused-ring (bicyclic) bond motifs is 1. The maximum atomic E-state index is 11.3. The van der Waals surface area contributed by atoms with Crippen molar-refractivity contribution in [3.63, 3.8) is 0 Å². The number of hydrogen-bond donors (Lipinski definition) is 4. The average molecular weight is 426 g/mol. The van der Waals surface area contributed by atoms with Gasteiger partial charge in [0.2, 0.25) is 11.8 Å². The molecule has 0 saturated carbocycles. The summed E-state index contributed by atoms with van der Waals surface area (Å²) in [5.74, 6) is -0.207. The van der Waals surface area contributed by atoms with Crippen LogP contribution >= 0.6 is 0 Å². The highest BCUT2D eigenvalue weighted by Crippen LogP contribution is 2.25. The van der Waals surface area contributed by atoms with Crippen molar-refractivity contribution in [2.75, 3.05) is 10.6 Å². The van der Waals surface area contributed by atoms with Crippen molar-refractivity contribution in [1.29, 1.82) is 0 Å². The number of anilines is 2. The Morgan fingerprint density at radius 1 is 0.781 bits per heavy atom. The molecule has 0 bridgehead atoms. The van der Waals surface area contributed by atoms with Crippen LogP contribution in [0.1, 0.15) is 31.8 Å². The summed E-state index contributed by atoms with van der Waals surface area (Å²) < 4.78 is 0. The summed E-state index contributed by atoms with van der Waals surface area (Å²) in [7, 11) is 0. The topological polar surface area (TPSA) is 136 Å². The molecule has 0 atom stereocenters. The number of amides is 2. The van der Waals surface area contributed by atoms with Crippen molar-refractivity contribution in [3.8, 4) is 0 Å². The van der Waals surface area contributed by atoms with E-state index in [2.05, 4.69) is 20.6 Å². The molecular weight excluding hydrogens is 404 g/mol. The first-order chi connectivity index (χ1) is 15.5. The third kappa shape index (κ3) is 4.81. The molecule has 2 heterocycles. The second-order valence-electron chi connectivity index (χ2n) is 7.28. The van der Waals surface area contributed by atoms with E-state index in [0.717, 1.165) is 27.7 Å². The molecule has 8 heteroatoms. The molecule has 0 aliphatic heterocycles. The quantitative estimate of drug-likeness (QED) is 0.342. The van der Waals surface area contributed by atoms with Gasteiger partial charge in [-0.3, -0.25) is 14.6 Å². The van der Waals surface area contributed by atoms with Gasteiger partial charge >= 0.3 is 0 Å². The van der Waals surface area contributed by atoms with E-state index in [0.29, 0.717) is 30.0 Å². The van der Waals surface area contributed by atoms with Crippen molar-refractivity contribution in [2.45, 2.75) is 13.1 Å². The van der Waals surface area contributed by atoms with Gasteiger partial charge in [0.1, 0.15) is 5.82 Å². The van der Waals surface area contributed by atoms with E-state index in [1.165, 1.54) is 0 Å². The van der Waals surface area contributed by atoms with Crippen LogP contribution in [0.25, 0.3) is 10.9 Å². The molecule has 2 aromatic carbocycles. The van der Waals surface area contributed by atoms with Crippen molar-refractivity contribution < 1.29 is 9.59 Å². The van der Waals surface area contributed by atoms with Gasteiger partial charge in [-0.2, -0.15) is 0 Å². The van der Waals surface area contributed by atoms with E-state index in [1.54, 1.807) is 36.7 Å². The fourth-order valence-electron chi connectivity index (χ4n) is 3.28. The first kappa shape index (κ1) is 20.8. The molecule has 2 aromatic heterocycles. The van der Waals surface area contributed by atoms with Crippen LogP contribution in [0.4, 0.5) is 11.5 Å². The van der Waals surface area contributed by atoms with Crippen molar-refractivity contribution in [3.05, 3.63) is 95.3 Å². The standard InChI is InChI=1S/C24H22N6O2/c25-23(31)17-5-1-15(2-6-17)12-28-20-11-22(30-21-14-27-10-9-19(20)21)29-13-16-3-7-18(8-4-16)24(26)32/h1-11,14H,12-13H2,(H2,25,31)(H2,26,32)(H2,28,29,30). The highest BCUT2D eigenvalue weighted by molar-refractivity contribution is 5.94. The van der Waals surface area contributed by atoms with Gasteiger partial charge in [-0.05, 0) is 41.5 Å². The van der Waals surface area contributed by atoms with Gasteiger partial charge in [0.25, 0.3) is 0 Å². The lowest BCUT2D eigenvalue weighted by Crippen LogP contribution is -2.11. The fourth-order valence-corrected chi connectivity index (χ4v) is 3.28. The maximum Gasteiger partial charge on any atom is 0.248 e. The zero-order valence-corrected chi connectivity index (χ0v) is 17.2. The number of nitrogens with zero attached hydrogens (tertiary/aromatic N) is 2. The van der Waals surface area contributed by atoms with Crippen molar-refractivity contribution in [2.24, 2.45) is 11.5 Å². The minimum atomic E-state index is -0.451. The van der Waals surface area contributed by atoms with E-state index in [9.17, 15) is 9.59 Å². The van der Waals surface area contributed by atoms with Crippen LogP contribution in [-0.4, -0.2) is 21.8 Å². The molecule has 32 heavy (non-hydrogen) atoms.